The van der Waals surface area contributed by atoms with E-state index in [1.54, 1.807) is 0 Å². The van der Waals surface area contributed by atoms with Gasteiger partial charge in [0.2, 0.25) is 0 Å². The summed E-state index contributed by atoms with van der Waals surface area (Å²) in [5.41, 5.74) is 2.42. The first-order chi connectivity index (χ1) is 9.63. The van der Waals surface area contributed by atoms with Crippen LogP contribution in [0.4, 0.5) is 0 Å². The van der Waals surface area contributed by atoms with Gasteiger partial charge in [0.15, 0.2) is 0 Å². The third kappa shape index (κ3) is 3.39. The minimum absolute atomic E-state index is 0.121. The normalized spacial score (nSPS) is 18.4. The van der Waals surface area contributed by atoms with Gasteiger partial charge in [0.1, 0.15) is 0 Å². The zero-order valence-electron chi connectivity index (χ0n) is 12.8. The van der Waals surface area contributed by atoms with Gasteiger partial charge in [-0.2, -0.15) is 5.10 Å². The molecule has 1 saturated heterocycles. The molecule has 20 heavy (non-hydrogen) atoms. The Kier molecular flexibility index (Phi) is 5.17. The predicted octanol–water partition coefficient (Wildman–Crippen LogP) is 2.02. The molecule has 1 aliphatic heterocycles. The molecule has 2 rings (SSSR count). The molecule has 1 unspecified atom stereocenters. The van der Waals surface area contributed by atoms with Gasteiger partial charge in [-0.05, 0) is 39.7 Å². The maximum absolute atomic E-state index is 12.8. The number of aromatic nitrogens is 2. The van der Waals surface area contributed by atoms with E-state index in [0.29, 0.717) is 6.04 Å². The molecule has 1 aliphatic rings. The van der Waals surface area contributed by atoms with E-state index in [-0.39, 0.29) is 5.91 Å². The van der Waals surface area contributed by atoms with Crippen molar-refractivity contribution < 1.29 is 4.79 Å². The van der Waals surface area contributed by atoms with Gasteiger partial charge in [0, 0.05) is 24.8 Å². The monoisotopic (exact) mass is 278 g/mol. The van der Waals surface area contributed by atoms with Gasteiger partial charge in [-0.15, -0.1) is 0 Å². The highest BCUT2D eigenvalue weighted by Crippen LogP contribution is 2.15. The summed E-state index contributed by atoms with van der Waals surface area (Å²) in [6.45, 7) is 8.68. The molecule has 0 aliphatic carbocycles. The fourth-order valence-electron chi connectivity index (χ4n) is 2.83. The van der Waals surface area contributed by atoms with Gasteiger partial charge >= 0.3 is 0 Å². The standard InChI is InChI=1S/C15H26N4O/c1-4-5-9-19(10-13-7-6-8-16-13)15(20)14-11(2)17-18-12(14)3/h13,16H,4-10H2,1-3H3,(H,17,18). The molecule has 0 aromatic carbocycles. The fraction of sp³-hybridized carbons (Fsp3) is 0.733. The largest absolute Gasteiger partial charge is 0.337 e. The Hall–Kier alpha value is -1.36. The van der Waals surface area contributed by atoms with Gasteiger partial charge < -0.3 is 10.2 Å². The van der Waals surface area contributed by atoms with Crippen molar-refractivity contribution in [2.75, 3.05) is 19.6 Å². The Balaban J connectivity index is 2.10. The summed E-state index contributed by atoms with van der Waals surface area (Å²) >= 11 is 0. The number of carbonyl (C=O) groups is 1. The van der Waals surface area contributed by atoms with Crippen LogP contribution in [-0.2, 0) is 0 Å². The Morgan fingerprint density at radius 1 is 1.45 bits per heavy atom. The molecule has 2 heterocycles. The van der Waals surface area contributed by atoms with Crippen LogP contribution in [-0.4, -0.2) is 46.7 Å². The van der Waals surface area contributed by atoms with Gasteiger partial charge in [0.25, 0.3) is 5.91 Å². The summed E-state index contributed by atoms with van der Waals surface area (Å²) in [5.74, 6) is 0.121. The Bertz CT molecular complexity index is 429. The minimum atomic E-state index is 0.121. The zero-order valence-corrected chi connectivity index (χ0v) is 12.8. The second kappa shape index (κ2) is 6.88. The van der Waals surface area contributed by atoms with E-state index < -0.39 is 0 Å². The summed E-state index contributed by atoms with van der Waals surface area (Å²) < 4.78 is 0. The van der Waals surface area contributed by atoms with Crippen LogP contribution < -0.4 is 5.32 Å². The molecule has 0 bridgehead atoms. The summed E-state index contributed by atoms with van der Waals surface area (Å²) in [4.78, 5) is 14.8. The third-order valence-corrected chi connectivity index (χ3v) is 4.01. The summed E-state index contributed by atoms with van der Waals surface area (Å²) in [7, 11) is 0. The van der Waals surface area contributed by atoms with Crippen LogP contribution >= 0.6 is 0 Å². The lowest BCUT2D eigenvalue weighted by Crippen LogP contribution is -2.42. The van der Waals surface area contributed by atoms with Gasteiger partial charge in [-0.1, -0.05) is 13.3 Å². The van der Waals surface area contributed by atoms with E-state index in [0.717, 1.165) is 49.4 Å². The van der Waals surface area contributed by atoms with Gasteiger partial charge in [-0.25, -0.2) is 0 Å². The number of nitrogens with zero attached hydrogens (tertiary/aromatic N) is 2. The first kappa shape index (κ1) is 15.0. The number of aromatic amines is 1. The molecule has 1 aromatic rings. The van der Waals surface area contributed by atoms with Crippen molar-refractivity contribution in [3.05, 3.63) is 17.0 Å². The third-order valence-electron chi connectivity index (χ3n) is 4.01. The number of hydrogen-bond donors (Lipinski definition) is 2. The molecule has 2 N–H and O–H groups in total. The van der Waals surface area contributed by atoms with E-state index >= 15 is 0 Å². The summed E-state index contributed by atoms with van der Waals surface area (Å²) in [5, 5.41) is 10.5. The van der Waals surface area contributed by atoms with Crippen LogP contribution in [0.2, 0.25) is 0 Å². The quantitative estimate of drug-likeness (QED) is 0.837. The number of aryl methyl sites for hydroxylation is 2. The lowest BCUT2D eigenvalue weighted by atomic mass is 10.1. The minimum Gasteiger partial charge on any atom is -0.337 e. The average molecular weight is 278 g/mol. The van der Waals surface area contributed by atoms with Crippen molar-refractivity contribution in [1.29, 1.82) is 0 Å². The van der Waals surface area contributed by atoms with E-state index in [4.69, 9.17) is 0 Å². The Labute approximate surface area is 121 Å². The number of rotatable bonds is 6. The molecular formula is C15H26N4O. The molecule has 112 valence electrons. The second-order valence-electron chi connectivity index (χ2n) is 5.71. The van der Waals surface area contributed by atoms with Gasteiger partial charge in [0.05, 0.1) is 11.3 Å². The first-order valence-corrected chi connectivity index (χ1v) is 7.67. The van der Waals surface area contributed by atoms with Crippen LogP contribution in [0.3, 0.4) is 0 Å². The van der Waals surface area contributed by atoms with Crippen LogP contribution in [0.25, 0.3) is 0 Å². The van der Waals surface area contributed by atoms with Crippen LogP contribution in [0, 0.1) is 13.8 Å². The van der Waals surface area contributed by atoms with Crippen LogP contribution in [0.15, 0.2) is 0 Å². The van der Waals surface area contributed by atoms with Crippen molar-refractivity contribution in [2.24, 2.45) is 0 Å². The van der Waals surface area contributed by atoms with Crippen LogP contribution in [0.5, 0.6) is 0 Å². The van der Waals surface area contributed by atoms with Crippen molar-refractivity contribution >= 4 is 5.91 Å². The number of H-pyrrole nitrogens is 1. The highest BCUT2D eigenvalue weighted by atomic mass is 16.2. The summed E-state index contributed by atoms with van der Waals surface area (Å²) in [6.07, 6.45) is 4.53. The Morgan fingerprint density at radius 2 is 2.25 bits per heavy atom. The molecule has 1 aromatic heterocycles. The predicted molar refractivity (Wildman–Crippen MR) is 79.9 cm³/mol. The maximum Gasteiger partial charge on any atom is 0.257 e. The smallest absolute Gasteiger partial charge is 0.257 e. The topological polar surface area (TPSA) is 61.0 Å². The molecule has 5 nitrogen and oxygen atoms in total. The van der Waals surface area contributed by atoms with Crippen LogP contribution in [0.1, 0.15) is 54.4 Å². The number of amides is 1. The summed E-state index contributed by atoms with van der Waals surface area (Å²) in [6, 6.07) is 0.448. The molecule has 1 atom stereocenters. The molecule has 1 amide bonds. The van der Waals surface area contributed by atoms with Crippen molar-refractivity contribution in [3.63, 3.8) is 0 Å². The fourth-order valence-corrected chi connectivity index (χ4v) is 2.83. The molecule has 0 radical (unpaired) electrons. The van der Waals surface area contributed by atoms with E-state index in [2.05, 4.69) is 22.4 Å². The Morgan fingerprint density at radius 3 is 2.80 bits per heavy atom. The molecule has 5 heteroatoms. The molecule has 0 spiro atoms. The molecule has 1 fully saturated rings. The lowest BCUT2D eigenvalue weighted by molar-refractivity contribution is 0.0738. The van der Waals surface area contributed by atoms with E-state index in [1.165, 1.54) is 12.8 Å². The van der Waals surface area contributed by atoms with E-state index in [1.807, 2.05) is 18.7 Å². The highest BCUT2D eigenvalue weighted by molar-refractivity contribution is 5.96. The number of nitrogens with one attached hydrogen (secondary N) is 2. The van der Waals surface area contributed by atoms with Crippen molar-refractivity contribution in [3.8, 4) is 0 Å². The number of hydrogen-bond acceptors (Lipinski definition) is 3. The first-order valence-electron chi connectivity index (χ1n) is 7.67. The lowest BCUT2D eigenvalue weighted by Gasteiger charge is -2.26. The number of unbranched alkanes of at least 4 members (excludes halogenated alkanes) is 1. The van der Waals surface area contributed by atoms with Crippen molar-refractivity contribution in [2.45, 2.75) is 52.5 Å². The van der Waals surface area contributed by atoms with Crippen molar-refractivity contribution in [1.82, 2.24) is 20.4 Å². The highest BCUT2D eigenvalue weighted by Gasteiger charge is 2.25. The molecule has 0 saturated carbocycles. The number of carbonyl (C=O) groups excluding carboxylic acids is 1. The average Bonchev–Trinajstić information content (AvgIpc) is 3.04. The van der Waals surface area contributed by atoms with E-state index in [9.17, 15) is 4.79 Å². The second-order valence-corrected chi connectivity index (χ2v) is 5.71. The maximum atomic E-state index is 12.8. The molecular weight excluding hydrogens is 252 g/mol. The van der Waals surface area contributed by atoms with Gasteiger partial charge in [-0.3, -0.25) is 9.89 Å². The zero-order chi connectivity index (χ0) is 14.5. The SMILES string of the molecule is CCCCN(CC1CCCN1)C(=O)c1c(C)n[nH]c1C.